The van der Waals surface area contributed by atoms with Gasteiger partial charge >= 0.3 is 18.3 Å². The van der Waals surface area contributed by atoms with Gasteiger partial charge in [0.05, 0.1) is 17.7 Å². The molecule has 1 aromatic carbocycles. The topological polar surface area (TPSA) is 40.5 Å². The lowest BCUT2D eigenvalue weighted by atomic mass is 10.0. The van der Waals surface area contributed by atoms with E-state index in [-0.39, 0.29) is 18.2 Å². The van der Waals surface area contributed by atoms with Crippen LogP contribution in [0.3, 0.4) is 0 Å². The molecule has 118 valence electrons. The van der Waals surface area contributed by atoms with Gasteiger partial charge in [0, 0.05) is 6.54 Å². The highest BCUT2D eigenvalue weighted by Crippen LogP contribution is 2.36. The summed E-state index contributed by atoms with van der Waals surface area (Å²) in [7, 11) is 1.28. The first kappa shape index (κ1) is 17.3. The van der Waals surface area contributed by atoms with E-state index >= 15 is 0 Å². The van der Waals surface area contributed by atoms with Crippen LogP contribution in [0.25, 0.3) is 0 Å². The molecule has 0 amide bonds. The van der Waals surface area contributed by atoms with Crippen molar-refractivity contribution in [3.8, 4) is 0 Å². The van der Waals surface area contributed by atoms with Crippen molar-refractivity contribution < 1.29 is 36.2 Å². The van der Waals surface area contributed by atoms with Crippen LogP contribution in [0.2, 0.25) is 0 Å². The molecule has 21 heavy (non-hydrogen) atoms. The second kappa shape index (κ2) is 5.92. The standard InChI is InChI=1S/C12H11F6NO2/c1-19(6-10(20)21)5-7-2-8(11(13,14)15)4-9(3-7)12(16,17)18/h2-4H,5-6H2,1H3,(H,20,21). The van der Waals surface area contributed by atoms with E-state index in [2.05, 4.69) is 0 Å². The Morgan fingerprint density at radius 2 is 1.48 bits per heavy atom. The van der Waals surface area contributed by atoms with Gasteiger partial charge in [-0.1, -0.05) is 0 Å². The number of halogens is 6. The zero-order valence-electron chi connectivity index (χ0n) is 10.7. The fourth-order valence-corrected chi connectivity index (χ4v) is 1.71. The van der Waals surface area contributed by atoms with E-state index in [9.17, 15) is 31.1 Å². The third-order valence-corrected chi connectivity index (χ3v) is 2.51. The summed E-state index contributed by atoms with van der Waals surface area (Å²) >= 11 is 0. The Bertz CT molecular complexity index is 491. The van der Waals surface area contributed by atoms with Crippen molar-refractivity contribution >= 4 is 5.97 Å². The Balaban J connectivity index is 3.17. The number of carboxylic acids is 1. The molecular formula is C12H11F6NO2. The summed E-state index contributed by atoms with van der Waals surface area (Å²) in [5.41, 5.74) is -3.10. The summed E-state index contributed by atoms with van der Waals surface area (Å²) in [6.07, 6.45) is -9.83. The molecule has 0 aliphatic heterocycles. The molecule has 9 heteroatoms. The Labute approximate surface area is 115 Å². The molecule has 0 heterocycles. The number of alkyl halides is 6. The summed E-state index contributed by atoms with van der Waals surface area (Å²) in [4.78, 5) is 11.5. The smallest absolute Gasteiger partial charge is 0.416 e. The first-order valence-corrected chi connectivity index (χ1v) is 5.58. The first-order chi connectivity index (χ1) is 9.39. The molecule has 1 aromatic rings. The zero-order valence-corrected chi connectivity index (χ0v) is 10.7. The molecule has 1 N–H and O–H groups in total. The van der Waals surface area contributed by atoms with E-state index in [0.717, 1.165) is 4.90 Å². The quantitative estimate of drug-likeness (QED) is 0.867. The van der Waals surface area contributed by atoms with Gasteiger partial charge in [-0.15, -0.1) is 0 Å². The third-order valence-electron chi connectivity index (χ3n) is 2.51. The minimum Gasteiger partial charge on any atom is -0.480 e. The number of benzene rings is 1. The van der Waals surface area contributed by atoms with Gasteiger partial charge in [0.25, 0.3) is 0 Å². The maximum atomic E-state index is 12.6. The fraction of sp³-hybridized carbons (Fsp3) is 0.417. The van der Waals surface area contributed by atoms with Crippen LogP contribution in [0.4, 0.5) is 26.3 Å². The van der Waals surface area contributed by atoms with Gasteiger partial charge in [-0.2, -0.15) is 26.3 Å². The molecule has 0 saturated carbocycles. The van der Waals surface area contributed by atoms with Crippen LogP contribution < -0.4 is 0 Å². The maximum Gasteiger partial charge on any atom is 0.416 e. The minimum absolute atomic E-state index is 0.0285. The highest BCUT2D eigenvalue weighted by molar-refractivity contribution is 5.69. The average Bonchev–Trinajstić information content (AvgIpc) is 2.24. The molecule has 3 nitrogen and oxygen atoms in total. The van der Waals surface area contributed by atoms with Gasteiger partial charge in [-0.25, -0.2) is 0 Å². The molecule has 0 aromatic heterocycles. The molecule has 0 saturated heterocycles. The largest absolute Gasteiger partial charge is 0.480 e. The van der Waals surface area contributed by atoms with Gasteiger partial charge < -0.3 is 5.11 Å². The Hall–Kier alpha value is -1.77. The number of hydrogen-bond acceptors (Lipinski definition) is 2. The molecule has 0 atom stereocenters. The second-order valence-electron chi connectivity index (χ2n) is 4.48. The summed E-state index contributed by atoms with van der Waals surface area (Å²) in [6.45, 7) is -0.850. The Kier molecular flexibility index (Phi) is 4.87. The monoisotopic (exact) mass is 315 g/mol. The zero-order chi connectivity index (χ0) is 16.4. The van der Waals surface area contributed by atoms with Crippen molar-refractivity contribution in [2.45, 2.75) is 18.9 Å². The summed E-state index contributed by atoms with van der Waals surface area (Å²) in [6, 6.07) is 1.18. The summed E-state index contributed by atoms with van der Waals surface area (Å²) in [5, 5.41) is 8.53. The number of aliphatic carboxylic acids is 1. The van der Waals surface area contributed by atoms with Gasteiger partial charge in [-0.3, -0.25) is 9.69 Å². The average molecular weight is 315 g/mol. The Morgan fingerprint density at radius 3 is 1.81 bits per heavy atom. The second-order valence-corrected chi connectivity index (χ2v) is 4.48. The predicted molar refractivity (Wildman–Crippen MR) is 60.4 cm³/mol. The molecule has 0 spiro atoms. The van der Waals surface area contributed by atoms with Crippen molar-refractivity contribution in [1.29, 1.82) is 0 Å². The SMILES string of the molecule is CN(CC(=O)O)Cc1cc(C(F)(F)F)cc(C(F)(F)F)c1. The van der Waals surface area contributed by atoms with Crippen LogP contribution in [0, 0.1) is 0 Å². The lowest BCUT2D eigenvalue weighted by Gasteiger charge is -2.18. The van der Waals surface area contributed by atoms with Crippen molar-refractivity contribution in [2.75, 3.05) is 13.6 Å². The number of carboxylic acid groups (broad SMARTS) is 1. The van der Waals surface area contributed by atoms with Crippen molar-refractivity contribution in [3.63, 3.8) is 0 Å². The predicted octanol–water partition coefficient (Wildman–Crippen LogP) is 3.24. The molecule has 0 radical (unpaired) electrons. The van der Waals surface area contributed by atoms with Crippen LogP contribution >= 0.6 is 0 Å². The molecule has 0 aliphatic carbocycles. The van der Waals surface area contributed by atoms with Gasteiger partial charge in [0.2, 0.25) is 0 Å². The van der Waals surface area contributed by atoms with E-state index < -0.39 is 36.0 Å². The van der Waals surface area contributed by atoms with Crippen molar-refractivity contribution in [2.24, 2.45) is 0 Å². The number of rotatable bonds is 4. The van der Waals surface area contributed by atoms with Gasteiger partial charge in [0.1, 0.15) is 0 Å². The van der Waals surface area contributed by atoms with Gasteiger partial charge in [0.15, 0.2) is 0 Å². The maximum absolute atomic E-state index is 12.6. The third kappa shape index (κ3) is 5.25. The lowest BCUT2D eigenvalue weighted by Crippen LogP contribution is -2.25. The van der Waals surface area contributed by atoms with Crippen LogP contribution in [0.15, 0.2) is 18.2 Å². The van der Waals surface area contributed by atoms with Gasteiger partial charge in [-0.05, 0) is 30.8 Å². The van der Waals surface area contributed by atoms with Crippen molar-refractivity contribution in [3.05, 3.63) is 34.9 Å². The minimum atomic E-state index is -4.92. The van der Waals surface area contributed by atoms with Crippen LogP contribution in [-0.2, 0) is 23.7 Å². The molecule has 0 aliphatic rings. The molecule has 1 rings (SSSR count). The molecule has 0 fully saturated rings. The molecular weight excluding hydrogens is 304 g/mol. The fourth-order valence-electron chi connectivity index (χ4n) is 1.71. The first-order valence-electron chi connectivity index (χ1n) is 5.58. The molecule has 0 bridgehead atoms. The van der Waals surface area contributed by atoms with Crippen LogP contribution in [0.1, 0.15) is 16.7 Å². The number of nitrogens with zero attached hydrogens (tertiary/aromatic N) is 1. The van der Waals surface area contributed by atoms with E-state index in [1.54, 1.807) is 0 Å². The lowest BCUT2D eigenvalue weighted by molar-refractivity contribution is -0.143. The number of likely N-dealkylation sites (N-methyl/N-ethyl adjacent to an activating group) is 1. The van der Waals surface area contributed by atoms with Crippen LogP contribution in [-0.4, -0.2) is 29.6 Å². The van der Waals surface area contributed by atoms with Crippen molar-refractivity contribution in [1.82, 2.24) is 4.90 Å². The Morgan fingerprint density at radius 1 is 1.05 bits per heavy atom. The highest BCUT2D eigenvalue weighted by atomic mass is 19.4. The normalized spacial score (nSPS) is 12.8. The summed E-state index contributed by atoms with van der Waals surface area (Å²) < 4.78 is 75.7. The van der Waals surface area contributed by atoms with Crippen LogP contribution in [0.5, 0.6) is 0 Å². The van der Waals surface area contributed by atoms with E-state index in [1.165, 1.54) is 7.05 Å². The highest BCUT2D eigenvalue weighted by Gasteiger charge is 2.36. The van der Waals surface area contributed by atoms with E-state index in [0.29, 0.717) is 12.1 Å². The van der Waals surface area contributed by atoms with E-state index in [1.807, 2.05) is 0 Å². The summed E-state index contributed by atoms with van der Waals surface area (Å²) in [5.74, 6) is -1.24. The van der Waals surface area contributed by atoms with E-state index in [4.69, 9.17) is 5.11 Å². The number of hydrogen-bond donors (Lipinski definition) is 1. The number of carbonyl (C=O) groups is 1. The molecule has 0 unspecified atom stereocenters.